The lowest BCUT2D eigenvalue weighted by Crippen LogP contribution is -2.29. The lowest BCUT2D eigenvalue weighted by Gasteiger charge is -2.12. The number of nitrogens with one attached hydrogen (secondary N) is 1. The molecular formula is C21H19N3O3. The molecule has 3 aromatic rings. The van der Waals surface area contributed by atoms with Crippen molar-refractivity contribution in [3.05, 3.63) is 88.9 Å². The second-order valence-corrected chi connectivity index (χ2v) is 5.72. The van der Waals surface area contributed by atoms with Gasteiger partial charge in [-0.2, -0.15) is 5.10 Å². The molecule has 0 aliphatic heterocycles. The molecule has 0 atom stereocenters. The van der Waals surface area contributed by atoms with Gasteiger partial charge in [0.2, 0.25) is 5.43 Å². The first-order valence-corrected chi connectivity index (χ1v) is 8.36. The van der Waals surface area contributed by atoms with Crippen LogP contribution in [0.5, 0.6) is 5.75 Å². The van der Waals surface area contributed by atoms with E-state index < -0.39 is 11.3 Å². The average molecular weight is 361 g/mol. The fraction of sp³-hybridized carbons (Fsp3) is 0.0952. The van der Waals surface area contributed by atoms with E-state index in [-0.39, 0.29) is 18.0 Å². The Kier molecular flexibility index (Phi) is 5.47. The molecule has 0 saturated heterocycles. The summed E-state index contributed by atoms with van der Waals surface area (Å²) in [7, 11) is 1.35. The second kappa shape index (κ2) is 8.14. The Morgan fingerprint density at radius 3 is 2.78 bits per heavy atom. The number of hydrogen-bond donors (Lipinski definition) is 1. The van der Waals surface area contributed by atoms with Crippen molar-refractivity contribution in [1.29, 1.82) is 0 Å². The van der Waals surface area contributed by atoms with Crippen molar-refractivity contribution in [1.82, 2.24) is 9.99 Å². The number of ether oxygens (including phenoxy) is 1. The molecule has 27 heavy (non-hydrogen) atoms. The minimum Gasteiger partial charge on any atom is -0.491 e. The van der Waals surface area contributed by atoms with Crippen LogP contribution in [0.15, 0.2) is 77.3 Å². The minimum atomic E-state index is -0.473. The number of nitrogens with zero attached hydrogens (tertiary/aromatic N) is 2. The second-order valence-electron chi connectivity index (χ2n) is 5.72. The topological polar surface area (TPSA) is 72.7 Å². The summed E-state index contributed by atoms with van der Waals surface area (Å²) in [5.74, 6) is -0.534. The standard InChI is InChI=1S/C21H19N3O3/c1-3-12-22-21(26)19-20(27-2)18(25)11-13-24(19)23-14-16-9-6-8-15-7-4-5-10-17(15)16/h3-11,13-14H,1,12H2,2H3,(H,22,26)/b23-14-. The van der Waals surface area contributed by atoms with Gasteiger partial charge in [0.25, 0.3) is 5.91 Å². The number of carbonyl (C=O) groups excluding carboxylic acids is 1. The van der Waals surface area contributed by atoms with E-state index in [0.29, 0.717) is 0 Å². The summed E-state index contributed by atoms with van der Waals surface area (Å²) in [4.78, 5) is 24.6. The largest absolute Gasteiger partial charge is 0.491 e. The molecule has 0 unspecified atom stereocenters. The van der Waals surface area contributed by atoms with Crippen molar-refractivity contribution >= 4 is 22.9 Å². The molecular weight excluding hydrogens is 342 g/mol. The van der Waals surface area contributed by atoms with Crippen LogP contribution in [0.25, 0.3) is 10.8 Å². The van der Waals surface area contributed by atoms with E-state index in [2.05, 4.69) is 17.0 Å². The zero-order valence-corrected chi connectivity index (χ0v) is 14.9. The van der Waals surface area contributed by atoms with Gasteiger partial charge in [-0.25, -0.2) is 4.68 Å². The fourth-order valence-electron chi connectivity index (χ4n) is 2.75. The van der Waals surface area contributed by atoms with Gasteiger partial charge < -0.3 is 10.1 Å². The quantitative estimate of drug-likeness (QED) is 0.542. The molecule has 0 bridgehead atoms. The van der Waals surface area contributed by atoms with Crippen molar-refractivity contribution < 1.29 is 9.53 Å². The van der Waals surface area contributed by atoms with Crippen LogP contribution >= 0.6 is 0 Å². The molecule has 0 fully saturated rings. The maximum Gasteiger partial charge on any atom is 0.274 e. The molecule has 3 rings (SSSR count). The highest BCUT2D eigenvalue weighted by atomic mass is 16.5. The zero-order chi connectivity index (χ0) is 19.2. The Labute approximate surface area is 156 Å². The first-order valence-electron chi connectivity index (χ1n) is 8.36. The van der Waals surface area contributed by atoms with E-state index in [1.807, 2.05) is 42.5 Å². The summed E-state index contributed by atoms with van der Waals surface area (Å²) in [6.45, 7) is 3.83. The molecule has 6 heteroatoms. The van der Waals surface area contributed by atoms with Gasteiger partial charge >= 0.3 is 0 Å². The number of aromatic nitrogens is 1. The predicted octanol–water partition coefficient (Wildman–Crippen LogP) is 2.81. The third-order valence-corrected chi connectivity index (χ3v) is 4.01. The van der Waals surface area contributed by atoms with Gasteiger partial charge in [-0.05, 0) is 10.8 Å². The summed E-state index contributed by atoms with van der Waals surface area (Å²) in [6.07, 6.45) is 4.64. The number of pyridine rings is 1. The first kappa shape index (κ1) is 18.1. The van der Waals surface area contributed by atoms with Crippen LogP contribution in [-0.2, 0) is 0 Å². The molecule has 6 nitrogen and oxygen atoms in total. The van der Waals surface area contributed by atoms with Crippen LogP contribution in [0, 0.1) is 0 Å². The van der Waals surface area contributed by atoms with Crippen molar-refractivity contribution in [3.63, 3.8) is 0 Å². The Morgan fingerprint density at radius 1 is 1.22 bits per heavy atom. The molecule has 1 heterocycles. The number of methoxy groups -OCH3 is 1. The average Bonchev–Trinajstić information content (AvgIpc) is 2.70. The Hall–Kier alpha value is -3.67. The molecule has 0 saturated carbocycles. The van der Waals surface area contributed by atoms with E-state index in [4.69, 9.17) is 4.74 Å². The zero-order valence-electron chi connectivity index (χ0n) is 14.9. The van der Waals surface area contributed by atoms with Crippen molar-refractivity contribution in [3.8, 4) is 5.75 Å². The Balaban J connectivity index is 2.08. The van der Waals surface area contributed by atoms with E-state index in [1.165, 1.54) is 24.0 Å². The highest BCUT2D eigenvalue weighted by molar-refractivity contribution is 6.00. The third kappa shape index (κ3) is 3.79. The maximum atomic E-state index is 12.5. The van der Waals surface area contributed by atoms with Crippen molar-refractivity contribution in [2.45, 2.75) is 0 Å². The smallest absolute Gasteiger partial charge is 0.274 e. The highest BCUT2D eigenvalue weighted by Gasteiger charge is 2.19. The first-order chi connectivity index (χ1) is 13.2. The van der Waals surface area contributed by atoms with Gasteiger partial charge in [0, 0.05) is 24.4 Å². The van der Waals surface area contributed by atoms with Crippen LogP contribution in [0.3, 0.4) is 0 Å². The van der Waals surface area contributed by atoms with Crippen molar-refractivity contribution in [2.24, 2.45) is 5.10 Å². The lowest BCUT2D eigenvalue weighted by atomic mass is 10.1. The molecule has 0 aliphatic carbocycles. The summed E-state index contributed by atoms with van der Waals surface area (Å²) in [5, 5.41) is 9.16. The number of benzene rings is 2. The van der Waals surface area contributed by atoms with Gasteiger partial charge in [-0.3, -0.25) is 9.59 Å². The highest BCUT2D eigenvalue weighted by Crippen LogP contribution is 2.18. The Bertz CT molecular complexity index is 1080. The third-order valence-electron chi connectivity index (χ3n) is 4.01. The molecule has 2 aromatic carbocycles. The van der Waals surface area contributed by atoms with Crippen LogP contribution < -0.4 is 15.5 Å². The predicted molar refractivity (Wildman–Crippen MR) is 107 cm³/mol. The summed E-state index contributed by atoms with van der Waals surface area (Å²) in [6, 6.07) is 15.1. The van der Waals surface area contributed by atoms with Crippen LogP contribution in [0.1, 0.15) is 16.1 Å². The monoisotopic (exact) mass is 361 g/mol. The number of fused-ring (bicyclic) bond motifs is 1. The van der Waals surface area contributed by atoms with E-state index >= 15 is 0 Å². The summed E-state index contributed by atoms with van der Waals surface area (Å²) in [5.41, 5.74) is 0.532. The number of carbonyl (C=O) groups is 1. The maximum absolute atomic E-state index is 12.5. The fourth-order valence-corrected chi connectivity index (χ4v) is 2.75. The minimum absolute atomic E-state index is 0.0309. The van der Waals surface area contributed by atoms with E-state index in [1.54, 1.807) is 12.3 Å². The number of hydrogen-bond acceptors (Lipinski definition) is 4. The molecule has 1 aromatic heterocycles. The molecule has 136 valence electrons. The van der Waals surface area contributed by atoms with Gasteiger partial charge in [0.05, 0.1) is 13.3 Å². The number of rotatable bonds is 6. The normalized spacial score (nSPS) is 10.9. The molecule has 0 spiro atoms. The SMILES string of the molecule is C=CCNC(=O)c1c(OC)c(=O)ccn1/N=C\c1cccc2ccccc12. The molecule has 0 aliphatic rings. The molecule has 0 radical (unpaired) electrons. The summed E-state index contributed by atoms with van der Waals surface area (Å²) >= 11 is 0. The Morgan fingerprint density at radius 2 is 2.00 bits per heavy atom. The van der Waals surface area contributed by atoms with E-state index in [9.17, 15) is 9.59 Å². The molecule has 1 amide bonds. The van der Waals surface area contributed by atoms with Gasteiger partial charge in [0.1, 0.15) is 0 Å². The van der Waals surface area contributed by atoms with Gasteiger partial charge in [-0.1, -0.05) is 48.5 Å². The molecule has 1 N–H and O–H groups in total. The lowest BCUT2D eigenvalue weighted by molar-refractivity contribution is 0.0945. The van der Waals surface area contributed by atoms with Crippen molar-refractivity contribution in [2.75, 3.05) is 13.7 Å². The van der Waals surface area contributed by atoms with Crippen LogP contribution in [0.2, 0.25) is 0 Å². The van der Waals surface area contributed by atoms with E-state index in [0.717, 1.165) is 16.3 Å². The number of amides is 1. The van der Waals surface area contributed by atoms with Crippen LogP contribution in [0.4, 0.5) is 0 Å². The summed E-state index contributed by atoms with van der Waals surface area (Å²) < 4.78 is 6.48. The van der Waals surface area contributed by atoms with Gasteiger partial charge in [-0.15, -0.1) is 6.58 Å². The van der Waals surface area contributed by atoms with Crippen LogP contribution in [-0.4, -0.2) is 30.5 Å². The van der Waals surface area contributed by atoms with Gasteiger partial charge in [0.15, 0.2) is 11.4 Å².